The van der Waals surface area contributed by atoms with Gasteiger partial charge in [-0.05, 0) is 26.3 Å². The van der Waals surface area contributed by atoms with Crippen LogP contribution in [-0.2, 0) is 16.0 Å². The van der Waals surface area contributed by atoms with Crippen molar-refractivity contribution < 1.29 is 28.5 Å². The number of hydrogen-bond donors (Lipinski definition) is 1. The Kier molecular flexibility index (Phi) is 7.29. The molecule has 0 fully saturated rings. The Morgan fingerprint density at radius 3 is 2.03 bits per heavy atom. The van der Waals surface area contributed by atoms with Crippen LogP contribution in [0, 0.1) is 0 Å². The number of ether oxygens (including phenoxy) is 4. The summed E-state index contributed by atoms with van der Waals surface area (Å²) in [6.07, 6.45) is -0.570. The summed E-state index contributed by atoms with van der Waals surface area (Å²) in [4.78, 5) is 36.5. The second-order valence-corrected chi connectivity index (χ2v) is 6.90. The summed E-state index contributed by atoms with van der Waals surface area (Å²) in [6, 6.07) is 7.63. The number of benzene rings is 1. The van der Waals surface area contributed by atoms with Gasteiger partial charge in [0.2, 0.25) is 0 Å². The minimum absolute atomic E-state index is 0.0839. The van der Waals surface area contributed by atoms with E-state index in [4.69, 9.17) is 18.9 Å². The molecule has 0 bridgehead atoms. The van der Waals surface area contributed by atoms with Gasteiger partial charge < -0.3 is 24.3 Å². The molecule has 0 radical (unpaired) electrons. The highest BCUT2D eigenvalue weighted by molar-refractivity contribution is 5.83. The maximum absolute atomic E-state index is 12.7. The van der Waals surface area contributed by atoms with Crippen LogP contribution in [0.15, 0.2) is 30.3 Å². The molecule has 0 aliphatic heterocycles. The highest BCUT2D eigenvalue weighted by Crippen LogP contribution is 2.15. The lowest BCUT2D eigenvalue weighted by molar-refractivity contribution is -0.137. The summed E-state index contributed by atoms with van der Waals surface area (Å²) in [7, 11) is 2.70. The summed E-state index contributed by atoms with van der Waals surface area (Å²) < 4.78 is 20.3. The van der Waals surface area contributed by atoms with Crippen LogP contribution in [0.25, 0.3) is 0 Å². The smallest absolute Gasteiger partial charge is 0.408 e. The van der Waals surface area contributed by atoms with Gasteiger partial charge in [-0.1, -0.05) is 30.3 Å². The molecule has 2 rings (SSSR count). The number of nitrogens with zero attached hydrogens (tertiary/aromatic N) is 3. The molecule has 1 heterocycles. The van der Waals surface area contributed by atoms with E-state index >= 15 is 0 Å². The Morgan fingerprint density at radius 2 is 1.52 bits per heavy atom. The van der Waals surface area contributed by atoms with Crippen molar-refractivity contribution in [2.75, 3.05) is 14.2 Å². The average molecular weight is 404 g/mol. The molecule has 10 heteroatoms. The lowest BCUT2D eigenvalue weighted by atomic mass is 10.1. The van der Waals surface area contributed by atoms with E-state index in [0.717, 1.165) is 5.56 Å². The average Bonchev–Trinajstić information content (AvgIpc) is 2.66. The second kappa shape index (κ2) is 9.67. The number of esters is 1. The van der Waals surface area contributed by atoms with E-state index in [1.54, 1.807) is 20.8 Å². The lowest BCUT2D eigenvalue weighted by Gasteiger charge is -2.22. The van der Waals surface area contributed by atoms with E-state index in [1.807, 2.05) is 30.3 Å². The molecule has 1 N–H and O–H groups in total. The highest BCUT2D eigenvalue weighted by Gasteiger charge is 2.27. The topological polar surface area (TPSA) is 122 Å². The molecule has 0 aliphatic rings. The molecule has 2 aromatic rings. The normalized spacial score (nSPS) is 11.9. The van der Waals surface area contributed by atoms with Crippen LogP contribution in [0.5, 0.6) is 18.0 Å². The van der Waals surface area contributed by atoms with E-state index in [2.05, 4.69) is 20.3 Å². The van der Waals surface area contributed by atoms with Crippen LogP contribution in [0.2, 0.25) is 0 Å². The first-order valence-electron chi connectivity index (χ1n) is 8.79. The monoisotopic (exact) mass is 404 g/mol. The number of aromatic nitrogens is 3. The molecule has 0 spiro atoms. The molecule has 0 saturated heterocycles. The van der Waals surface area contributed by atoms with E-state index < -0.39 is 23.7 Å². The predicted molar refractivity (Wildman–Crippen MR) is 102 cm³/mol. The minimum Gasteiger partial charge on any atom is -0.467 e. The second-order valence-electron chi connectivity index (χ2n) is 6.90. The number of hydrogen-bond acceptors (Lipinski definition) is 9. The third-order valence-electron chi connectivity index (χ3n) is 3.39. The largest absolute Gasteiger partial charge is 0.467 e. The van der Waals surface area contributed by atoms with Gasteiger partial charge in [-0.2, -0.15) is 0 Å². The van der Waals surface area contributed by atoms with Gasteiger partial charge in [-0.15, -0.1) is 15.0 Å². The lowest BCUT2D eigenvalue weighted by Crippen LogP contribution is -2.46. The Labute approximate surface area is 168 Å². The van der Waals surface area contributed by atoms with Crippen molar-refractivity contribution in [3.05, 3.63) is 35.9 Å². The first kappa shape index (κ1) is 21.9. The van der Waals surface area contributed by atoms with Crippen LogP contribution in [0.3, 0.4) is 0 Å². The molecule has 1 aromatic heterocycles. The van der Waals surface area contributed by atoms with Gasteiger partial charge in [-0.3, -0.25) is 0 Å². The first-order chi connectivity index (χ1) is 13.7. The fourth-order valence-corrected chi connectivity index (χ4v) is 2.20. The van der Waals surface area contributed by atoms with E-state index in [1.165, 1.54) is 14.2 Å². The molecule has 0 unspecified atom stereocenters. The first-order valence-corrected chi connectivity index (χ1v) is 8.79. The summed E-state index contributed by atoms with van der Waals surface area (Å²) in [5.74, 6) is -0.782. The van der Waals surface area contributed by atoms with Crippen molar-refractivity contribution in [2.45, 2.75) is 38.8 Å². The van der Waals surface area contributed by atoms with Crippen molar-refractivity contribution in [1.29, 1.82) is 0 Å². The van der Waals surface area contributed by atoms with E-state index in [0.29, 0.717) is 0 Å². The zero-order valence-electron chi connectivity index (χ0n) is 17.0. The number of nitrogens with one attached hydrogen (secondary N) is 1. The number of carbonyl (C=O) groups excluding carboxylic acids is 2. The number of alkyl carbamates (subject to hydrolysis) is 1. The summed E-state index contributed by atoms with van der Waals surface area (Å²) in [6.45, 7) is 5.17. The number of carbonyl (C=O) groups is 2. The number of methoxy groups -OCH3 is 2. The summed E-state index contributed by atoms with van der Waals surface area (Å²) in [5.41, 5.74) is 0.0940. The molecule has 0 saturated carbocycles. The molecule has 156 valence electrons. The zero-order valence-corrected chi connectivity index (χ0v) is 17.0. The zero-order chi connectivity index (χ0) is 21.4. The Hall–Kier alpha value is -3.43. The summed E-state index contributed by atoms with van der Waals surface area (Å²) >= 11 is 0. The highest BCUT2D eigenvalue weighted by atomic mass is 16.6. The molecule has 1 amide bonds. The molecular weight excluding hydrogens is 380 g/mol. The molecule has 10 nitrogen and oxygen atoms in total. The van der Waals surface area contributed by atoms with Crippen LogP contribution < -0.4 is 19.5 Å². The third-order valence-corrected chi connectivity index (χ3v) is 3.39. The number of rotatable bonds is 7. The fraction of sp³-hybridized carbons (Fsp3) is 0.421. The van der Waals surface area contributed by atoms with E-state index in [9.17, 15) is 9.59 Å². The SMILES string of the molecule is COc1nc(OC)nc(OC(=O)[C@H](Cc2ccccc2)NC(=O)OC(C)(C)C)n1. The Bertz CT molecular complexity index is 816. The van der Waals surface area contributed by atoms with Crippen LogP contribution in [-0.4, -0.2) is 52.9 Å². The van der Waals surface area contributed by atoms with Gasteiger partial charge in [0.15, 0.2) is 0 Å². The number of amides is 1. The standard InChI is InChI=1S/C19H24N4O6/c1-19(2,3)29-18(25)20-13(11-12-9-7-6-8-10-12)14(24)28-17-22-15(26-4)21-16(23-17)27-5/h6-10,13H,11H2,1-5H3,(H,20,25)/t13-/m0/s1. The molecule has 29 heavy (non-hydrogen) atoms. The van der Waals surface area contributed by atoms with Gasteiger partial charge in [0.1, 0.15) is 11.6 Å². The quantitative estimate of drug-likeness (QED) is 0.690. The van der Waals surface area contributed by atoms with Crippen LogP contribution >= 0.6 is 0 Å². The van der Waals surface area contributed by atoms with Crippen LogP contribution in [0.1, 0.15) is 26.3 Å². The molecular formula is C19H24N4O6. The van der Waals surface area contributed by atoms with Gasteiger partial charge in [-0.25, -0.2) is 9.59 Å². The maximum atomic E-state index is 12.7. The predicted octanol–water partition coefficient (Wildman–Crippen LogP) is 1.93. The maximum Gasteiger partial charge on any atom is 0.408 e. The molecule has 1 atom stereocenters. The van der Waals surface area contributed by atoms with Gasteiger partial charge in [0, 0.05) is 6.42 Å². The third kappa shape index (κ3) is 7.24. The van der Waals surface area contributed by atoms with Crippen LogP contribution in [0.4, 0.5) is 4.79 Å². The fourth-order valence-electron chi connectivity index (χ4n) is 2.20. The molecule has 1 aromatic carbocycles. The van der Waals surface area contributed by atoms with Crippen molar-refractivity contribution in [1.82, 2.24) is 20.3 Å². The minimum atomic E-state index is -1.04. The van der Waals surface area contributed by atoms with E-state index in [-0.39, 0.29) is 24.5 Å². The Morgan fingerprint density at radius 1 is 0.966 bits per heavy atom. The van der Waals surface area contributed by atoms with Gasteiger partial charge in [0.05, 0.1) is 14.2 Å². The molecule has 0 aliphatic carbocycles. The van der Waals surface area contributed by atoms with Crippen molar-refractivity contribution in [3.8, 4) is 18.0 Å². The van der Waals surface area contributed by atoms with Crippen molar-refractivity contribution in [3.63, 3.8) is 0 Å². The van der Waals surface area contributed by atoms with Gasteiger partial charge >= 0.3 is 30.1 Å². The van der Waals surface area contributed by atoms with Gasteiger partial charge in [0.25, 0.3) is 0 Å². The van der Waals surface area contributed by atoms with Crippen molar-refractivity contribution >= 4 is 12.1 Å². The summed E-state index contributed by atoms with van der Waals surface area (Å²) in [5, 5.41) is 2.53. The van der Waals surface area contributed by atoms with Crippen molar-refractivity contribution in [2.24, 2.45) is 0 Å². The Balaban J connectivity index is 2.20.